The molecule has 1 heterocycles. The molecule has 11 heteroatoms. The van der Waals surface area contributed by atoms with E-state index in [-0.39, 0.29) is 19.4 Å². The first-order valence-electron chi connectivity index (χ1n) is 31.0. The molecule has 0 bridgehead atoms. The molecule has 8 unspecified atom stereocenters. The smallest absolute Gasteiger partial charge is 0.306 e. The number of allylic oxidation sites excluding steroid dienone is 15. The van der Waals surface area contributed by atoms with E-state index in [0.29, 0.717) is 12.8 Å². The Kier molecular flexibility index (Phi) is 49.5. The largest absolute Gasteiger partial charge is 0.454 e. The van der Waals surface area contributed by atoms with Crippen molar-refractivity contribution in [2.45, 2.75) is 294 Å². The Morgan fingerprint density at radius 2 is 0.935 bits per heavy atom. The van der Waals surface area contributed by atoms with E-state index in [1.165, 1.54) is 70.6 Å². The molecule has 0 saturated carbocycles. The van der Waals surface area contributed by atoms with Crippen LogP contribution in [0.2, 0.25) is 0 Å². The van der Waals surface area contributed by atoms with Crippen LogP contribution in [0.3, 0.4) is 0 Å². The molecule has 442 valence electrons. The lowest BCUT2D eigenvalue weighted by Gasteiger charge is -2.41. The molecule has 11 nitrogen and oxygen atoms in total. The van der Waals surface area contributed by atoms with Crippen LogP contribution in [0.4, 0.5) is 0 Å². The van der Waals surface area contributed by atoms with E-state index in [1.807, 2.05) is 6.08 Å². The SMILES string of the molecule is CC/C=C/C/C=C/C/C=C/CCCCCCC(=O)OC1C(OCC(NC(=O)C(O)CCCCCCCC/C=C\C/C=C\C/C=C\C/C=C\CCCCC)C(O)/C=C/CCCCCCCCCCCC)OC(CO)C(O)C1O. The average Bonchev–Trinajstić information content (AvgIpc) is 3.43. The number of unbranched alkanes of at least 4 members (excludes halogenated alkanes) is 23. The fourth-order valence-electron chi connectivity index (χ4n) is 9.06. The molecule has 0 aromatic heterocycles. The fraction of sp³-hybridized carbons (Fsp3) is 0.727. The van der Waals surface area contributed by atoms with Gasteiger partial charge in [-0.2, -0.15) is 0 Å². The normalized spacial score (nSPS) is 19.7. The van der Waals surface area contributed by atoms with Gasteiger partial charge in [0.2, 0.25) is 5.91 Å². The molecular formula is C66H113NO10. The number of carbonyl (C=O) groups is 2. The van der Waals surface area contributed by atoms with Gasteiger partial charge in [0.1, 0.15) is 24.4 Å². The van der Waals surface area contributed by atoms with E-state index < -0.39 is 67.4 Å². The van der Waals surface area contributed by atoms with Crippen molar-refractivity contribution >= 4 is 11.9 Å². The van der Waals surface area contributed by atoms with Crippen molar-refractivity contribution in [1.29, 1.82) is 0 Å². The van der Waals surface area contributed by atoms with Gasteiger partial charge in [-0.25, -0.2) is 0 Å². The van der Waals surface area contributed by atoms with Gasteiger partial charge < -0.3 is 45.1 Å². The molecular weight excluding hydrogens is 967 g/mol. The second kappa shape index (κ2) is 53.2. The van der Waals surface area contributed by atoms with E-state index in [2.05, 4.69) is 111 Å². The minimum Gasteiger partial charge on any atom is -0.454 e. The molecule has 1 rings (SSSR count). The summed E-state index contributed by atoms with van der Waals surface area (Å²) < 4.78 is 17.6. The highest BCUT2D eigenvalue weighted by Gasteiger charge is 2.47. The summed E-state index contributed by atoms with van der Waals surface area (Å²) in [6.07, 6.45) is 60.1. The highest BCUT2D eigenvalue weighted by molar-refractivity contribution is 5.80. The molecule has 1 aliphatic heterocycles. The van der Waals surface area contributed by atoms with Gasteiger partial charge in [0.05, 0.1) is 25.4 Å². The molecule has 0 aliphatic carbocycles. The lowest BCUT2D eigenvalue weighted by atomic mass is 9.99. The standard InChI is InChI=1S/C66H113NO10/c1-4-7-10-13-16-19-22-25-27-28-29-30-31-32-33-34-35-38-41-44-47-50-53-59(70)65(74)67-57(58(69)52-49-46-43-40-37-24-21-18-15-12-9-6-3)56-75-66-64(63(73)62(72)60(55-68)76-66)77-61(71)54-51-48-45-42-39-36-26-23-20-17-14-11-8-5-2/h8,11,16-17,19-20,25-27,29-30,32-33,36,49,52,57-60,62-64,66,68-70,72-73H,4-7,9-10,12-15,18,21-24,28,31,34-35,37-48,50-51,53-56H2,1-3H3,(H,67,74)/b11-8+,19-16-,20-17+,27-25-,30-29-,33-32-,36-26+,52-49+. The summed E-state index contributed by atoms with van der Waals surface area (Å²) in [5, 5.41) is 56.9. The van der Waals surface area contributed by atoms with E-state index in [4.69, 9.17) is 14.2 Å². The first-order chi connectivity index (χ1) is 37.7. The van der Waals surface area contributed by atoms with E-state index in [1.54, 1.807) is 6.08 Å². The van der Waals surface area contributed by atoms with Crippen LogP contribution in [0.25, 0.3) is 0 Å². The zero-order valence-electron chi connectivity index (χ0n) is 48.8. The van der Waals surface area contributed by atoms with Crippen LogP contribution < -0.4 is 5.32 Å². The quantitative estimate of drug-likeness (QED) is 0.0195. The minimum atomic E-state index is -1.63. The molecule has 8 atom stereocenters. The molecule has 0 aromatic carbocycles. The van der Waals surface area contributed by atoms with Gasteiger partial charge in [-0.1, -0.05) is 234 Å². The van der Waals surface area contributed by atoms with Gasteiger partial charge in [0.25, 0.3) is 0 Å². The number of aliphatic hydroxyl groups excluding tert-OH is 5. The third kappa shape index (κ3) is 41.3. The molecule has 1 saturated heterocycles. The number of aliphatic hydroxyl groups is 5. The van der Waals surface area contributed by atoms with Crippen LogP contribution in [-0.4, -0.2) is 99.6 Å². The Morgan fingerprint density at radius 3 is 1.43 bits per heavy atom. The molecule has 0 aromatic rings. The van der Waals surface area contributed by atoms with Crippen molar-refractivity contribution in [2.24, 2.45) is 0 Å². The first-order valence-corrected chi connectivity index (χ1v) is 31.0. The topological polar surface area (TPSA) is 175 Å². The summed E-state index contributed by atoms with van der Waals surface area (Å²) in [7, 11) is 0. The number of rotatable bonds is 51. The second-order valence-corrected chi connectivity index (χ2v) is 21.0. The molecule has 1 amide bonds. The minimum absolute atomic E-state index is 0.0917. The van der Waals surface area contributed by atoms with Crippen LogP contribution in [0.15, 0.2) is 97.2 Å². The predicted octanol–water partition coefficient (Wildman–Crippen LogP) is 14.7. The molecule has 77 heavy (non-hydrogen) atoms. The number of carbonyl (C=O) groups excluding carboxylic acids is 2. The Balaban J connectivity index is 2.69. The average molecular weight is 1080 g/mol. The molecule has 1 aliphatic rings. The first kappa shape index (κ1) is 71.6. The Bertz CT molecular complexity index is 1620. The highest BCUT2D eigenvalue weighted by Crippen LogP contribution is 2.26. The van der Waals surface area contributed by atoms with Crippen molar-refractivity contribution in [2.75, 3.05) is 13.2 Å². The van der Waals surface area contributed by atoms with Gasteiger partial charge >= 0.3 is 5.97 Å². The molecule has 6 N–H and O–H groups in total. The second-order valence-electron chi connectivity index (χ2n) is 21.0. The van der Waals surface area contributed by atoms with Crippen LogP contribution >= 0.6 is 0 Å². The van der Waals surface area contributed by atoms with Gasteiger partial charge in [-0.05, 0) is 103 Å². The van der Waals surface area contributed by atoms with Crippen LogP contribution in [0, 0.1) is 0 Å². The summed E-state index contributed by atoms with van der Waals surface area (Å²) in [6.45, 7) is 5.61. The number of esters is 1. The Morgan fingerprint density at radius 1 is 0.519 bits per heavy atom. The van der Waals surface area contributed by atoms with Gasteiger partial charge in [-0.3, -0.25) is 9.59 Å². The zero-order valence-corrected chi connectivity index (χ0v) is 48.8. The van der Waals surface area contributed by atoms with E-state index in [9.17, 15) is 35.1 Å². The number of nitrogens with one attached hydrogen (secondary N) is 1. The van der Waals surface area contributed by atoms with Crippen LogP contribution in [-0.2, 0) is 23.8 Å². The van der Waals surface area contributed by atoms with Crippen molar-refractivity contribution in [1.82, 2.24) is 5.32 Å². The molecule has 1 fully saturated rings. The van der Waals surface area contributed by atoms with Gasteiger partial charge in [0.15, 0.2) is 12.4 Å². The monoisotopic (exact) mass is 1080 g/mol. The number of hydrogen-bond acceptors (Lipinski definition) is 10. The molecule has 0 radical (unpaired) electrons. The Hall–Kier alpha value is -3.42. The van der Waals surface area contributed by atoms with E-state index >= 15 is 0 Å². The lowest BCUT2D eigenvalue weighted by molar-refractivity contribution is -0.305. The van der Waals surface area contributed by atoms with Crippen LogP contribution in [0.5, 0.6) is 0 Å². The summed E-state index contributed by atoms with van der Waals surface area (Å²) >= 11 is 0. The predicted molar refractivity (Wildman–Crippen MR) is 319 cm³/mol. The maximum atomic E-state index is 13.4. The number of amides is 1. The number of hydrogen-bond donors (Lipinski definition) is 6. The number of ether oxygens (including phenoxy) is 3. The molecule has 0 spiro atoms. The summed E-state index contributed by atoms with van der Waals surface area (Å²) in [4.78, 5) is 26.5. The maximum absolute atomic E-state index is 13.4. The van der Waals surface area contributed by atoms with Crippen LogP contribution in [0.1, 0.15) is 245 Å². The highest BCUT2D eigenvalue weighted by atomic mass is 16.7. The zero-order chi connectivity index (χ0) is 56.1. The van der Waals surface area contributed by atoms with Gasteiger partial charge in [0, 0.05) is 6.42 Å². The van der Waals surface area contributed by atoms with Gasteiger partial charge in [-0.15, -0.1) is 0 Å². The van der Waals surface area contributed by atoms with Crippen molar-refractivity contribution in [3.05, 3.63) is 97.2 Å². The van der Waals surface area contributed by atoms with Crippen molar-refractivity contribution in [3.8, 4) is 0 Å². The van der Waals surface area contributed by atoms with E-state index in [0.717, 1.165) is 128 Å². The van der Waals surface area contributed by atoms with Crippen molar-refractivity contribution < 1.29 is 49.3 Å². The summed E-state index contributed by atoms with van der Waals surface area (Å²) in [5.74, 6) is -1.23. The summed E-state index contributed by atoms with van der Waals surface area (Å²) in [6, 6.07) is -1.04. The Labute approximate surface area is 469 Å². The summed E-state index contributed by atoms with van der Waals surface area (Å²) in [5.41, 5.74) is 0. The lowest BCUT2D eigenvalue weighted by Crippen LogP contribution is -2.61. The third-order valence-electron chi connectivity index (χ3n) is 14.0. The fourth-order valence-corrected chi connectivity index (χ4v) is 9.06. The van der Waals surface area contributed by atoms with Crippen molar-refractivity contribution in [3.63, 3.8) is 0 Å². The third-order valence-corrected chi connectivity index (χ3v) is 14.0. The maximum Gasteiger partial charge on any atom is 0.306 e.